The average molecular weight is 356 g/mol. The number of nitrogens with one attached hydrogen (secondary N) is 2. The van der Waals surface area contributed by atoms with Gasteiger partial charge in [-0.15, -0.1) is 0 Å². The van der Waals surface area contributed by atoms with Crippen molar-refractivity contribution in [2.24, 2.45) is 5.92 Å². The van der Waals surface area contributed by atoms with Crippen molar-refractivity contribution in [3.8, 4) is 0 Å². The van der Waals surface area contributed by atoms with Gasteiger partial charge in [0.1, 0.15) is 6.10 Å². The normalized spacial score (nSPS) is 22.3. The monoisotopic (exact) mass is 356 g/mol. The van der Waals surface area contributed by atoms with E-state index in [-0.39, 0.29) is 44.0 Å². The van der Waals surface area contributed by atoms with Crippen LogP contribution in [0.15, 0.2) is 12.2 Å². The van der Waals surface area contributed by atoms with Crippen molar-refractivity contribution in [1.82, 2.24) is 10.6 Å². The summed E-state index contributed by atoms with van der Waals surface area (Å²) in [5.74, 6) is -1.23. The van der Waals surface area contributed by atoms with Gasteiger partial charge in [0.25, 0.3) is 0 Å². The summed E-state index contributed by atoms with van der Waals surface area (Å²) in [4.78, 5) is 35.8. The smallest absolute Gasteiger partial charge is 0.306 e. The van der Waals surface area contributed by atoms with Gasteiger partial charge in [-0.2, -0.15) is 0 Å². The topological polar surface area (TPSA) is 114 Å². The number of esters is 1. The van der Waals surface area contributed by atoms with E-state index in [4.69, 9.17) is 14.6 Å². The first-order valence-electron chi connectivity index (χ1n) is 8.60. The molecule has 0 aromatic heterocycles. The predicted octanol–water partition coefficient (Wildman–Crippen LogP) is -0.0942. The Hall–Kier alpha value is -1.93. The Morgan fingerprint density at radius 1 is 1.40 bits per heavy atom. The lowest BCUT2D eigenvalue weighted by molar-refractivity contribution is -0.148. The molecule has 8 nitrogen and oxygen atoms in total. The summed E-state index contributed by atoms with van der Waals surface area (Å²) in [6.07, 6.45) is 4.60. The molecule has 0 bridgehead atoms. The van der Waals surface area contributed by atoms with Gasteiger partial charge in [0.15, 0.2) is 0 Å². The molecule has 0 saturated heterocycles. The van der Waals surface area contributed by atoms with Crippen molar-refractivity contribution in [2.75, 3.05) is 32.9 Å². The zero-order valence-corrected chi connectivity index (χ0v) is 14.7. The molecule has 1 aliphatic rings. The van der Waals surface area contributed by atoms with Crippen LogP contribution in [0.25, 0.3) is 0 Å². The van der Waals surface area contributed by atoms with Crippen molar-refractivity contribution in [3.05, 3.63) is 12.2 Å². The number of hydrogen-bond acceptors (Lipinski definition) is 6. The maximum absolute atomic E-state index is 12.3. The van der Waals surface area contributed by atoms with Gasteiger partial charge in [-0.3, -0.25) is 14.4 Å². The highest BCUT2D eigenvalue weighted by Crippen LogP contribution is 2.12. The van der Waals surface area contributed by atoms with Crippen LogP contribution in [-0.2, 0) is 23.9 Å². The van der Waals surface area contributed by atoms with Gasteiger partial charge < -0.3 is 25.2 Å². The molecule has 0 spiro atoms. The van der Waals surface area contributed by atoms with Gasteiger partial charge in [0.2, 0.25) is 11.8 Å². The highest BCUT2D eigenvalue weighted by atomic mass is 16.5. The Morgan fingerprint density at radius 3 is 2.96 bits per heavy atom. The highest BCUT2D eigenvalue weighted by molar-refractivity contribution is 5.86. The molecular weight excluding hydrogens is 328 g/mol. The van der Waals surface area contributed by atoms with Crippen LogP contribution >= 0.6 is 0 Å². The lowest BCUT2D eigenvalue weighted by Gasteiger charge is -2.19. The van der Waals surface area contributed by atoms with Crippen molar-refractivity contribution in [1.29, 1.82) is 0 Å². The first-order chi connectivity index (χ1) is 12.0. The van der Waals surface area contributed by atoms with Gasteiger partial charge in [-0.05, 0) is 19.8 Å². The molecule has 0 saturated carbocycles. The van der Waals surface area contributed by atoms with Crippen molar-refractivity contribution < 1.29 is 29.0 Å². The third-order valence-corrected chi connectivity index (χ3v) is 3.61. The summed E-state index contributed by atoms with van der Waals surface area (Å²) in [7, 11) is 0. The number of aliphatic hydroxyl groups is 1. The molecule has 0 aromatic rings. The Labute approximate surface area is 147 Å². The summed E-state index contributed by atoms with van der Waals surface area (Å²) in [6.45, 7) is 2.75. The number of cyclic esters (lactones) is 1. The van der Waals surface area contributed by atoms with Gasteiger partial charge in [0.05, 0.1) is 32.3 Å². The maximum atomic E-state index is 12.3. The number of allylic oxidation sites excluding steroid dienone is 2. The summed E-state index contributed by atoms with van der Waals surface area (Å²) >= 11 is 0. The molecule has 1 aliphatic heterocycles. The molecule has 0 aromatic carbocycles. The maximum Gasteiger partial charge on any atom is 0.306 e. The fraction of sp³-hybridized carbons (Fsp3) is 0.706. The minimum atomic E-state index is -0.475. The van der Waals surface area contributed by atoms with Crippen LogP contribution in [0.4, 0.5) is 0 Å². The largest absolute Gasteiger partial charge is 0.461 e. The molecule has 1 heterocycles. The number of hydrogen-bond donors (Lipinski definition) is 3. The van der Waals surface area contributed by atoms with Crippen LogP contribution in [0.3, 0.4) is 0 Å². The summed E-state index contributed by atoms with van der Waals surface area (Å²) in [5.41, 5.74) is 0. The van der Waals surface area contributed by atoms with E-state index in [0.717, 1.165) is 0 Å². The van der Waals surface area contributed by atoms with E-state index in [1.54, 1.807) is 6.92 Å². The second-order valence-corrected chi connectivity index (χ2v) is 5.88. The number of rotatable bonds is 7. The molecule has 0 fully saturated rings. The SMILES string of the molecule is C[C@H]1CNC(=O)[C@@H](CC(=O)NCCOCCO)CC=CCCC(=O)O1. The predicted molar refractivity (Wildman–Crippen MR) is 90.6 cm³/mol. The molecular formula is C17H28N2O6. The molecule has 1 rings (SSSR count). The Bertz CT molecular complexity index is 466. The molecule has 25 heavy (non-hydrogen) atoms. The Kier molecular flexibility index (Phi) is 10.5. The summed E-state index contributed by atoms with van der Waals surface area (Å²) in [6, 6.07) is 0. The third kappa shape index (κ3) is 9.83. The number of ether oxygens (including phenoxy) is 2. The molecule has 0 unspecified atom stereocenters. The van der Waals surface area contributed by atoms with Crippen molar-refractivity contribution in [3.63, 3.8) is 0 Å². The quantitative estimate of drug-likeness (QED) is 0.334. The lowest BCUT2D eigenvalue weighted by Crippen LogP contribution is -2.39. The van der Waals surface area contributed by atoms with Crippen LogP contribution in [0.1, 0.15) is 32.6 Å². The second-order valence-electron chi connectivity index (χ2n) is 5.88. The van der Waals surface area contributed by atoms with E-state index >= 15 is 0 Å². The van der Waals surface area contributed by atoms with Crippen LogP contribution in [-0.4, -0.2) is 61.9 Å². The molecule has 3 N–H and O–H groups in total. The zero-order chi connectivity index (χ0) is 18.5. The van der Waals surface area contributed by atoms with Gasteiger partial charge in [-0.25, -0.2) is 0 Å². The second kappa shape index (κ2) is 12.4. The minimum Gasteiger partial charge on any atom is -0.461 e. The van der Waals surface area contributed by atoms with Gasteiger partial charge in [0, 0.05) is 19.4 Å². The summed E-state index contributed by atoms with van der Waals surface area (Å²) in [5, 5.41) is 14.0. The number of aliphatic hydroxyl groups excluding tert-OH is 1. The van der Waals surface area contributed by atoms with E-state index in [9.17, 15) is 14.4 Å². The molecule has 142 valence electrons. The standard InChI is InChI=1S/C17H28N2O6/c1-13-12-19-17(23)14(5-3-2-4-6-16(22)25-13)11-15(21)18-7-9-24-10-8-20/h2-3,13-14,20H,4-12H2,1H3,(H,18,21)(H,19,23)/t13-,14+/m0/s1. The number of carbonyl (C=O) groups is 3. The fourth-order valence-corrected chi connectivity index (χ4v) is 2.30. The van der Waals surface area contributed by atoms with Crippen LogP contribution in [0.2, 0.25) is 0 Å². The highest BCUT2D eigenvalue weighted by Gasteiger charge is 2.22. The van der Waals surface area contributed by atoms with E-state index in [0.29, 0.717) is 32.4 Å². The van der Waals surface area contributed by atoms with Crippen LogP contribution in [0.5, 0.6) is 0 Å². The van der Waals surface area contributed by atoms with E-state index < -0.39 is 12.0 Å². The van der Waals surface area contributed by atoms with E-state index in [1.165, 1.54) is 0 Å². The molecule has 0 aliphatic carbocycles. The lowest BCUT2D eigenvalue weighted by atomic mass is 9.99. The zero-order valence-electron chi connectivity index (χ0n) is 14.7. The Morgan fingerprint density at radius 2 is 2.20 bits per heavy atom. The van der Waals surface area contributed by atoms with Crippen molar-refractivity contribution in [2.45, 2.75) is 38.7 Å². The molecule has 2 amide bonds. The van der Waals surface area contributed by atoms with Crippen LogP contribution in [0, 0.1) is 5.92 Å². The van der Waals surface area contributed by atoms with Crippen molar-refractivity contribution >= 4 is 17.8 Å². The summed E-state index contributed by atoms with van der Waals surface area (Å²) < 4.78 is 10.2. The third-order valence-electron chi connectivity index (χ3n) is 3.61. The molecule has 8 heteroatoms. The Balaban J connectivity index is 2.50. The van der Waals surface area contributed by atoms with Crippen LogP contribution < -0.4 is 10.6 Å². The molecule has 0 radical (unpaired) electrons. The fourth-order valence-electron chi connectivity index (χ4n) is 2.30. The van der Waals surface area contributed by atoms with E-state index in [1.807, 2.05) is 12.2 Å². The number of amides is 2. The van der Waals surface area contributed by atoms with Gasteiger partial charge >= 0.3 is 5.97 Å². The average Bonchev–Trinajstić information content (AvgIpc) is 2.57. The van der Waals surface area contributed by atoms with Gasteiger partial charge in [-0.1, -0.05) is 12.2 Å². The molecule has 2 atom stereocenters. The number of carbonyl (C=O) groups excluding carboxylic acids is 3. The first-order valence-corrected chi connectivity index (χ1v) is 8.60. The van der Waals surface area contributed by atoms with E-state index in [2.05, 4.69) is 10.6 Å². The first kappa shape index (κ1) is 21.1. The minimum absolute atomic E-state index is 0.0593.